The van der Waals surface area contributed by atoms with Crippen LogP contribution in [0.25, 0.3) is 0 Å². The van der Waals surface area contributed by atoms with Gasteiger partial charge in [-0.3, -0.25) is 0 Å². The molecule has 2 radical (unpaired) electrons. The van der Waals surface area contributed by atoms with Crippen LogP contribution in [0.4, 0.5) is 0 Å². The van der Waals surface area contributed by atoms with E-state index in [2.05, 4.69) is 41.5 Å². The fourth-order valence-electron chi connectivity index (χ4n) is 0.658. The van der Waals surface area contributed by atoms with E-state index in [4.69, 9.17) is 22.2 Å². The van der Waals surface area contributed by atoms with Crippen LogP contribution >= 0.6 is 22.2 Å². The molecule has 4 heteroatoms. The van der Waals surface area contributed by atoms with Crippen LogP contribution in [0.1, 0.15) is 41.5 Å². The molecular formula is C8H18Cl2Si2. The Kier molecular flexibility index (Phi) is 4.37. The van der Waals surface area contributed by atoms with Crippen LogP contribution in [0, 0.1) is 0 Å². The van der Waals surface area contributed by atoms with Crippen molar-refractivity contribution in [1.82, 2.24) is 0 Å². The molecule has 0 rings (SSSR count). The van der Waals surface area contributed by atoms with Gasteiger partial charge >= 0.3 is 0 Å². The van der Waals surface area contributed by atoms with E-state index in [0.717, 1.165) is 0 Å². The van der Waals surface area contributed by atoms with Gasteiger partial charge in [0.15, 0.2) is 15.2 Å². The van der Waals surface area contributed by atoms with E-state index in [1.807, 2.05) is 0 Å². The van der Waals surface area contributed by atoms with Crippen molar-refractivity contribution in [3.8, 4) is 0 Å². The van der Waals surface area contributed by atoms with Crippen molar-refractivity contribution in [2.24, 2.45) is 0 Å². The second kappa shape index (κ2) is 4.03. The topological polar surface area (TPSA) is 0 Å². The maximum atomic E-state index is 6.41. The third kappa shape index (κ3) is 3.82. The van der Waals surface area contributed by atoms with Gasteiger partial charge in [-0.15, -0.1) is 0 Å². The molecule has 0 aromatic heterocycles. The molecule has 0 aromatic carbocycles. The highest BCUT2D eigenvalue weighted by atomic mass is 35.6. The molecule has 0 aromatic rings. The van der Waals surface area contributed by atoms with Crippen molar-refractivity contribution in [1.29, 1.82) is 0 Å². The van der Waals surface area contributed by atoms with E-state index < -0.39 is 15.2 Å². The largest absolute Gasteiger partial charge is 0.177 e. The minimum Gasteiger partial charge on any atom is -0.171 e. The summed E-state index contributed by atoms with van der Waals surface area (Å²) >= 11 is 12.8. The zero-order chi connectivity index (χ0) is 10.2. The Morgan fingerprint density at radius 2 is 0.833 bits per heavy atom. The summed E-state index contributed by atoms with van der Waals surface area (Å²) in [5.74, 6) is 0. The maximum absolute atomic E-state index is 6.41. The van der Waals surface area contributed by atoms with E-state index in [9.17, 15) is 0 Å². The van der Waals surface area contributed by atoms with Gasteiger partial charge < -0.3 is 0 Å². The molecule has 0 fully saturated rings. The summed E-state index contributed by atoms with van der Waals surface area (Å²) < 4.78 is 0. The van der Waals surface area contributed by atoms with Gasteiger partial charge in [-0.2, -0.15) is 22.2 Å². The lowest BCUT2D eigenvalue weighted by Gasteiger charge is -2.32. The van der Waals surface area contributed by atoms with Gasteiger partial charge in [-0.1, -0.05) is 41.5 Å². The molecule has 0 amide bonds. The smallest absolute Gasteiger partial charge is 0.171 e. The summed E-state index contributed by atoms with van der Waals surface area (Å²) in [4.78, 5) is 0. The van der Waals surface area contributed by atoms with Gasteiger partial charge in [-0.25, -0.2) is 0 Å². The van der Waals surface area contributed by atoms with Crippen molar-refractivity contribution in [3.63, 3.8) is 0 Å². The third-order valence-electron chi connectivity index (χ3n) is 1.51. The summed E-state index contributed by atoms with van der Waals surface area (Å²) in [5.41, 5.74) is 0. The average molecular weight is 241 g/mol. The van der Waals surface area contributed by atoms with E-state index in [0.29, 0.717) is 0 Å². The van der Waals surface area contributed by atoms with E-state index in [1.54, 1.807) is 0 Å². The molecule has 0 aliphatic heterocycles. The first kappa shape index (κ1) is 13.0. The Morgan fingerprint density at radius 1 is 0.667 bits per heavy atom. The highest BCUT2D eigenvalue weighted by Crippen LogP contribution is 2.40. The van der Waals surface area contributed by atoms with Crippen LogP contribution in [0.2, 0.25) is 10.1 Å². The predicted molar refractivity (Wildman–Crippen MR) is 62.6 cm³/mol. The summed E-state index contributed by atoms with van der Waals surface area (Å²) in [6, 6.07) is 0. The zero-order valence-electron chi connectivity index (χ0n) is 8.76. The zero-order valence-corrected chi connectivity index (χ0v) is 12.3. The summed E-state index contributed by atoms with van der Waals surface area (Å²) in [6.07, 6.45) is 0. The summed E-state index contributed by atoms with van der Waals surface area (Å²) in [7, 11) is -1.80. The quantitative estimate of drug-likeness (QED) is 0.478. The molecule has 0 heterocycles. The molecular weight excluding hydrogens is 223 g/mol. The Balaban J connectivity index is 4.41. The summed E-state index contributed by atoms with van der Waals surface area (Å²) in [5, 5.41) is 0.436. The second-order valence-corrected chi connectivity index (χ2v) is 16.6. The standard InChI is InChI=1S/C8H18Cl2Si2/c1-7(2,3)11(9)12(10)8(4,5)6/h1-6H3. The van der Waals surface area contributed by atoms with Crippen LogP contribution in [0.3, 0.4) is 0 Å². The first-order valence-corrected chi connectivity index (χ1v) is 10.2. The highest BCUT2D eigenvalue weighted by Gasteiger charge is 2.40. The fourth-order valence-corrected chi connectivity index (χ4v) is 11.0. The first-order valence-electron chi connectivity index (χ1n) is 4.13. The Hall–Kier alpha value is 1.01. The molecule has 12 heavy (non-hydrogen) atoms. The number of hydrogen-bond acceptors (Lipinski definition) is 0. The minimum atomic E-state index is -0.901. The molecule has 0 aliphatic carbocycles. The molecule has 0 unspecified atom stereocenters. The minimum absolute atomic E-state index is 0.218. The van der Waals surface area contributed by atoms with Gasteiger partial charge in [0.05, 0.1) is 0 Å². The van der Waals surface area contributed by atoms with Crippen molar-refractivity contribution < 1.29 is 0 Å². The van der Waals surface area contributed by atoms with Gasteiger partial charge in [0.1, 0.15) is 0 Å². The van der Waals surface area contributed by atoms with Gasteiger partial charge in [-0.05, 0) is 10.1 Å². The monoisotopic (exact) mass is 240 g/mol. The number of hydrogen-bond donors (Lipinski definition) is 0. The van der Waals surface area contributed by atoms with E-state index in [1.165, 1.54) is 0 Å². The van der Waals surface area contributed by atoms with Crippen LogP contribution < -0.4 is 0 Å². The molecule has 0 spiro atoms. The first-order chi connectivity index (χ1) is 5.07. The predicted octanol–water partition coefficient (Wildman–Crippen LogP) is 4.13. The molecule has 0 N–H and O–H groups in total. The van der Waals surface area contributed by atoms with Gasteiger partial charge in [0, 0.05) is 0 Å². The Bertz CT molecular complexity index is 128. The molecule has 0 saturated carbocycles. The van der Waals surface area contributed by atoms with Gasteiger partial charge in [0.2, 0.25) is 0 Å². The normalized spacial score (nSPS) is 14.5. The van der Waals surface area contributed by atoms with Crippen LogP contribution in [-0.4, -0.2) is 15.2 Å². The van der Waals surface area contributed by atoms with Crippen LogP contribution in [0.5, 0.6) is 0 Å². The molecule has 0 aliphatic rings. The maximum Gasteiger partial charge on any atom is 0.177 e. The third-order valence-corrected chi connectivity index (χ3v) is 17.9. The number of halogens is 2. The van der Waals surface area contributed by atoms with E-state index >= 15 is 0 Å². The fraction of sp³-hybridized carbons (Fsp3) is 1.00. The van der Waals surface area contributed by atoms with Gasteiger partial charge in [0.25, 0.3) is 0 Å². The Labute approximate surface area is 89.1 Å². The van der Waals surface area contributed by atoms with Crippen molar-refractivity contribution >= 4 is 37.4 Å². The molecule has 0 nitrogen and oxygen atoms in total. The van der Waals surface area contributed by atoms with E-state index in [-0.39, 0.29) is 10.1 Å². The SMILES string of the molecule is CC(C)(C)[Si](Cl)[Si](Cl)C(C)(C)C. The van der Waals surface area contributed by atoms with Crippen molar-refractivity contribution in [2.75, 3.05) is 0 Å². The number of rotatable bonds is 1. The van der Waals surface area contributed by atoms with Crippen LogP contribution in [-0.2, 0) is 0 Å². The lowest BCUT2D eigenvalue weighted by molar-refractivity contribution is 0.736. The van der Waals surface area contributed by atoms with Crippen molar-refractivity contribution in [3.05, 3.63) is 0 Å². The molecule has 0 saturated heterocycles. The second-order valence-electron chi connectivity index (χ2n) is 5.13. The molecule has 72 valence electrons. The van der Waals surface area contributed by atoms with Crippen molar-refractivity contribution in [2.45, 2.75) is 51.6 Å². The van der Waals surface area contributed by atoms with Crippen LogP contribution in [0.15, 0.2) is 0 Å². The Morgan fingerprint density at radius 3 is 0.917 bits per heavy atom. The summed E-state index contributed by atoms with van der Waals surface area (Å²) in [6.45, 7) is 13.1. The molecule has 0 bridgehead atoms. The lowest BCUT2D eigenvalue weighted by Crippen LogP contribution is -2.40. The average Bonchev–Trinajstić information content (AvgIpc) is 1.80. The molecule has 0 atom stereocenters. The highest BCUT2D eigenvalue weighted by molar-refractivity contribution is 7.57. The lowest BCUT2D eigenvalue weighted by atomic mass is 10.2.